The van der Waals surface area contributed by atoms with Crippen molar-refractivity contribution in [2.75, 3.05) is 13.7 Å². The second kappa shape index (κ2) is 13.0. The molecule has 0 spiro atoms. The molecule has 0 aliphatic carbocycles. The molecule has 0 aromatic heterocycles. The number of halogens is 1. The van der Waals surface area contributed by atoms with Crippen molar-refractivity contribution >= 4 is 29.3 Å². The summed E-state index contributed by atoms with van der Waals surface area (Å²) in [6.45, 7) is 2.35. The Hall–Kier alpha value is -4.55. The first-order chi connectivity index (χ1) is 17.8. The number of ether oxygens (including phenoxy) is 3. The molecule has 1 amide bonds. The lowest BCUT2D eigenvalue weighted by atomic mass is 10.1. The number of nitro groups is 1. The van der Waals surface area contributed by atoms with Gasteiger partial charge in [-0.3, -0.25) is 14.9 Å². The third kappa shape index (κ3) is 7.46. The lowest BCUT2D eigenvalue weighted by Gasteiger charge is -2.15. The molecular formula is C27H24ClN3O6. The number of nitriles is 1. The maximum Gasteiger partial charge on any atom is 0.269 e. The number of nitro benzene ring substituents is 1. The average molecular weight is 522 g/mol. The van der Waals surface area contributed by atoms with Crippen LogP contribution >= 0.6 is 11.6 Å². The van der Waals surface area contributed by atoms with Crippen molar-refractivity contribution in [3.8, 4) is 23.3 Å². The summed E-state index contributed by atoms with van der Waals surface area (Å²) < 4.78 is 16.6. The number of nitrogens with zero attached hydrogens (tertiary/aromatic N) is 2. The maximum absolute atomic E-state index is 12.6. The van der Waals surface area contributed by atoms with Gasteiger partial charge in [-0.1, -0.05) is 35.9 Å². The molecule has 0 atom stereocenters. The lowest BCUT2D eigenvalue weighted by molar-refractivity contribution is -0.384. The summed E-state index contributed by atoms with van der Waals surface area (Å²) in [6.07, 6.45) is 1.40. The number of rotatable bonds is 11. The minimum absolute atomic E-state index is 0.0217. The smallest absolute Gasteiger partial charge is 0.269 e. The quantitative estimate of drug-likeness (QED) is 0.154. The van der Waals surface area contributed by atoms with E-state index in [-0.39, 0.29) is 35.2 Å². The lowest BCUT2D eigenvalue weighted by Crippen LogP contribution is -2.23. The summed E-state index contributed by atoms with van der Waals surface area (Å²) in [6, 6.07) is 18.3. The Morgan fingerprint density at radius 3 is 2.54 bits per heavy atom. The number of amides is 1. The van der Waals surface area contributed by atoms with Gasteiger partial charge in [-0.15, -0.1) is 0 Å². The molecule has 0 aliphatic rings. The highest BCUT2D eigenvalue weighted by Crippen LogP contribution is 2.38. The minimum Gasteiger partial charge on any atom is -0.497 e. The van der Waals surface area contributed by atoms with Crippen LogP contribution in [0, 0.1) is 21.4 Å². The van der Waals surface area contributed by atoms with Gasteiger partial charge in [0.25, 0.3) is 11.6 Å². The van der Waals surface area contributed by atoms with Crippen LogP contribution in [0.1, 0.15) is 23.6 Å². The van der Waals surface area contributed by atoms with Gasteiger partial charge < -0.3 is 19.5 Å². The summed E-state index contributed by atoms with van der Waals surface area (Å²) in [7, 11) is 1.57. The zero-order chi connectivity index (χ0) is 26.8. The number of hydrogen-bond acceptors (Lipinski definition) is 7. The molecule has 9 nitrogen and oxygen atoms in total. The normalized spacial score (nSPS) is 10.8. The molecule has 0 saturated carbocycles. The summed E-state index contributed by atoms with van der Waals surface area (Å²) in [5.74, 6) is 0.711. The topological polar surface area (TPSA) is 124 Å². The zero-order valence-electron chi connectivity index (χ0n) is 20.2. The number of non-ortho nitro benzene ring substituents is 1. The number of benzene rings is 3. The molecule has 10 heteroatoms. The number of nitrogens with one attached hydrogen (secondary N) is 1. The number of carbonyl (C=O) groups excluding carboxylic acids is 1. The molecule has 0 aliphatic heterocycles. The summed E-state index contributed by atoms with van der Waals surface area (Å²) in [5.41, 5.74) is 1.73. The van der Waals surface area contributed by atoms with Crippen molar-refractivity contribution in [2.45, 2.75) is 20.1 Å². The molecule has 0 unspecified atom stereocenters. The molecular weight excluding hydrogens is 498 g/mol. The predicted octanol–water partition coefficient (Wildman–Crippen LogP) is 5.46. The zero-order valence-corrected chi connectivity index (χ0v) is 20.9. The highest BCUT2D eigenvalue weighted by molar-refractivity contribution is 6.32. The Morgan fingerprint density at radius 2 is 1.89 bits per heavy atom. The molecule has 3 rings (SSSR count). The van der Waals surface area contributed by atoms with Crippen LogP contribution in [-0.2, 0) is 17.9 Å². The molecule has 190 valence electrons. The predicted molar refractivity (Wildman–Crippen MR) is 138 cm³/mol. The van der Waals surface area contributed by atoms with Crippen molar-refractivity contribution in [3.63, 3.8) is 0 Å². The second-order valence-corrected chi connectivity index (χ2v) is 8.09. The monoisotopic (exact) mass is 521 g/mol. The molecule has 3 aromatic rings. The van der Waals surface area contributed by atoms with E-state index in [1.54, 1.807) is 50.4 Å². The van der Waals surface area contributed by atoms with E-state index in [0.717, 1.165) is 5.56 Å². The molecule has 0 bridgehead atoms. The van der Waals surface area contributed by atoms with E-state index in [1.807, 2.05) is 18.2 Å². The first-order valence-electron chi connectivity index (χ1n) is 11.2. The van der Waals surface area contributed by atoms with Gasteiger partial charge in [0.2, 0.25) is 0 Å². The van der Waals surface area contributed by atoms with Crippen LogP contribution in [0.25, 0.3) is 6.08 Å². The Morgan fingerprint density at radius 1 is 1.14 bits per heavy atom. The number of carbonyl (C=O) groups is 1. The van der Waals surface area contributed by atoms with E-state index in [4.69, 9.17) is 25.8 Å². The average Bonchev–Trinajstić information content (AvgIpc) is 2.90. The van der Waals surface area contributed by atoms with Crippen molar-refractivity contribution in [3.05, 3.63) is 98.1 Å². The molecule has 3 aromatic carbocycles. The van der Waals surface area contributed by atoms with Crippen molar-refractivity contribution in [1.29, 1.82) is 5.26 Å². The van der Waals surface area contributed by atoms with Crippen LogP contribution in [0.2, 0.25) is 5.02 Å². The Labute approximate surface area is 219 Å². The molecule has 1 N–H and O–H groups in total. The van der Waals surface area contributed by atoms with Gasteiger partial charge in [-0.05, 0) is 54.0 Å². The van der Waals surface area contributed by atoms with Crippen LogP contribution in [0.5, 0.6) is 17.2 Å². The Bertz CT molecular complexity index is 1350. The Balaban J connectivity index is 1.77. The van der Waals surface area contributed by atoms with Gasteiger partial charge in [0, 0.05) is 18.7 Å². The highest BCUT2D eigenvalue weighted by Gasteiger charge is 2.15. The molecule has 0 radical (unpaired) electrons. The minimum atomic E-state index is -0.543. The van der Waals surface area contributed by atoms with Crippen LogP contribution in [0.15, 0.2) is 66.2 Å². The summed E-state index contributed by atoms with van der Waals surface area (Å²) in [4.78, 5) is 23.1. The standard InChI is InChI=1S/C27H24ClN3O6/c1-3-36-25-14-20(11-21(15-29)27(32)30-16-18-7-9-23(35-2)10-8-18)13-24(28)26(25)37-17-19-5-4-6-22(12-19)31(33)34/h4-14H,3,16-17H2,1-2H3,(H,30,32)/b21-11-. The van der Waals surface area contributed by atoms with Gasteiger partial charge in [-0.25, -0.2) is 0 Å². The highest BCUT2D eigenvalue weighted by atomic mass is 35.5. The van der Waals surface area contributed by atoms with Crippen LogP contribution in [-0.4, -0.2) is 24.5 Å². The van der Waals surface area contributed by atoms with Crippen LogP contribution < -0.4 is 19.5 Å². The van der Waals surface area contributed by atoms with Crippen LogP contribution in [0.4, 0.5) is 5.69 Å². The molecule has 0 fully saturated rings. The van der Waals surface area contributed by atoms with Gasteiger partial charge in [-0.2, -0.15) is 5.26 Å². The third-order valence-electron chi connectivity index (χ3n) is 5.12. The summed E-state index contributed by atoms with van der Waals surface area (Å²) >= 11 is 6.45. The number of hydrogen-bond donors (Lipinski definition) is 1. The van der Waals surface area contributed by atoms with Gasteiger partial charge in [0.1, 0.15) is 24.0 Å². The van der Waals surface area contributed by atoms with Gasteiger partial charge in [0.05, 0.1) is 23.7 Å². The van der Waals surface area contributed by atoms with E-state index in [2.05, 4.69) is 5.32 Å². The van der Waals surface area contributed by atoms with E-state index in [9.17, 15) is 20.2 Å². The fourth-order valence-corrected chi connectivity index (χ4v) is 3.60. The van der Waals surface area contributed by atoms with Crippen molar-refractivity contribution < 1.29 is 23.9 Å². The second-order valence-electron chi connectivity index (χ2n) is 7.68. The summed E-state index contributed by atoms with van der Waals surface area (Å²) in [5, 5.41) is 23.5. The molecule has 37 heavy (non-hydrogen) atoms. The third-order valence-corrected chi connectivity index (χ3v) is 5.41. The van der Waals surface area contributed by atoms with Crippen LogP contribution in [0.3, 0.4) is 0 Å². The fourth-order valence-electron chi connectivity index (χ4n) is 3.33. The van der Waals surface area contributed by atoms with Crippen molar-refractivity contribution in [1.82, 2.24) is 5.32 Å². The van der Waals surface area contributed by atoms with E-state index in [1.165, 1.54) is 18.2 Å². The maximum atomic E-state index is 12.6. The SMILES string of the molecule is CCOc1cc(/C=C(/C#N)C(=O)NCc2ccc(OC)cc2)cc(Cl)c1OCc1cccc([N+](=O)[O-])c1. The number of methoxy groups -OCH3 is 1. The molecule has 0 saturated heterocycles. The molecule has 0 heterocycles. The van der Waals surface area contributed by atoms with Crippen molar-refractivity contribution in [2.24, 2.45) is 0 Å². The first kappa shape index (κ1) is 27.0. The van der Waals surface area contributed by atoms with E-state index < -0.39 is 10.8 Å². The van der Waals surface area contributed by atoms with E-state index in [0.29, 0.717) is 29.2 Å². The fraction of sp³-hybridized carbons (Fsp3) is 0.185. The first-order valence-corrected chi connectivity index (χ1v) is 11.6. The van der Waals surface area contributed by atoms with E-state index >= 15 is 0 Å². The van der Waals surface area contributed by atoms with Gasteiger partial charge >= 0.3 is 0 Å². The Kier molecular flexibility index (Phi) is 9.47. The largest absolute Gasteiger partial charge is 0.497 e. The van der Waals surface area contributed by atoms with Gasteiger partial charge in [0.15, 0.2) is 11.5 Å².